The molecule has 9 heteroatoms. The Morgan fingerprint density at radius 2 is 2.00 bits per heavy atom. The molecule has 1 N–H and O–H groups in total. The van der Waals surface area contributed by atoms with Crippen LogP contribution in [0.15, 0.2) is 23.2 Å². The van der Waals surface area contributed by atoms with E-state index in [-0.39, 0.29) is 22.4 Å². The highest BCUT2D eigenvalue weighted by Gasteiger charge is 2.27. The predicted octanol–water partition coefficient (Wildman–Crippen LogP) is 2.72. The average Bonchev–Trinajstić information content (AvgIpc) is 2.82. The molecule has 7 nitrogen and oxygen atoms in total. The van der Waals surface area contributed by atoms with Crippen LogP contribution in [-0.4, -0.2) is 50.5 Å². The Bertz CT molecular complexity index is 1020. The van der Waals surface area contributed by atoms with Crippen LogP contribution in [0.1, 0.15) is 42.1 Å². The number of sulfonamides is 1. The smallest absolute Gasteiger partial charge is 0.263 e. The number of ether oxygens (including phenoxy) is 1. The molecule has 1 saturated carbocycles. The first-order valence-electron chi connectivity index (χ1n) is 9.81. The van der Waals surface area contributed by atoms with Gasteiger partial charge >= 0.3 is 0 Å². The van der Waals surface area contributed by atoms with Gasteiger partial charge in [-0.1, -0.05) is 6.42 Å². The summed E-state index contributed by atoms with van der Waals surface area (Å²) >= 11 is 0. The zero-order valence-electron chi connectivity index (χ0n) is 16.6. The van der Waals surface area contributed by atoms with Crippen LogP contribution in [-0.2, 0) is 22.9 Å². The topological polar surface area (TPSA) is 84.4 Å². The summed E-state index contributed by atoms with van der Waals surface area (Å²) in [7, 11) is -0.537. The van der Waals surface area contributed by atoms with Gasteiger partial charge in [0.05, 0.1) is 12.8 Å². The number of nitrogens with zero attached hydrogens (tertiary/aromatic N) is 3. The van der Waals surface area contributed by atoms with E-state index in [0.717, 1.165) is 62.5 Å². The van der Waals surface area contributed by atoms with Crippen LogP contribution >= 0.6 is 0 Å². The molecule has 1 fully saturated rings. The first-order chi connectivity index (χ1) is 13.9. The molecule has 0 bridgehead atoms. The lowest BCUT2D eigenvalue weighted by Crippen LogP contribution is -2.20. The Hall–Kier alpha value is -2.26. The van der Waals surface area contributed by atoms with Gasteiger partial charge in [-0.15, -0.1) is 0 Å². The van der Waals surface area contributed by atoms with E-state index in [1.54, 1.807) is 6.07 Å². The Labute approximate surface area is 170 Å². The number of likely N-dealkylation sites (N-methyl/N-ethyl adjacent to an activating group) is 1. The number of hydrogen-bond donors (Lipinski definition) is 1. The molecular formula is C20H25FN4O3S. The summed E-state index contributed by atoms with van der Waals surface area (Å²) < 4.78 is 48.0. The van der Waals surface area contributed by atoms with Crippen molar-refractivity contribution in [2.24, 2.45) is 0 Å². The van der Waals surface area contributed by atoms with Gasteiger partial charge in [-0.25, -0.2) is 17.8 Å². The van der Waals surface area contributed by atoms with Crippen LogP contribution in [0.4, 0.5) is 10.1 Å². The van der Waals surface area contributed by atoms with Crippen molar-refractivity contribution in [1.82, 2.24) is 14.9 Å². The second-order valence-electron chi connectivity index (χ2n) is 7.73. The fourth-order valence-corrected chi connectivity index (χ4v) is 4.72. The Balaban J connectivity index is 1.63. The summed E-state index contributed by atoms with van der Waals surface area (Å²) in [4.78, 5) is 10.6. The molecule has 3 heterocycles. The van der Waals surface area contributed by atoms with Crippen molar-refractivity contribution in [2.75, 3.05) is 32.0 Å². The summed E-state index contributed by atoms with van der Waals surface area (Å²) in [6, 6.07) is 2.81. The van der Waals surface area contributed by atoms with E-state index < -0.39 is 15.8 Å². The minimum atomic E-state index is -4.03. The molecule has 2 aromatic heterocycles. The normalized spacial score (nSPS) is 17.9. The molecule has 0 amide bonds. The van der Waals surface area contributed by atoms with E-state index in [0.29, 0.717) is 5.69 Å². The van der Waals surface area contributed by atoms with Crippen molar-refractivity contribution in [1.29, 1.82) is 0 Å². The molecule has 1 aliphatic carbocycles. The third-order valence-corrected chi connectivity index (χ3v) is 7.07. The fraction of sp³-hybridized carbons (Fsp3) is 0.500. The van der Waals surface area contributed by atoms with Crippen molar-refractivity contribution in [3.05, 3.63) is 41.1 Å². The van der Waals surface area contributed by atoms with E-state index >= 15 is 0 Å². The first kappa shape index (κ1) is 20.0. The molecule has 0 spiro atoms. The van der Waals surface area contributed by atoms with Crippen LogP contribution < -0.4 is 9.46 Å². The maximum Gasteiger partial charge on any atom is 0.263 e. The highest BCUT2D eigenvalue weighted by atomic mass is 32.2. The summed E-state index contributed by atoms with van der Waals surface area (Å²) in [6.07, 6.45) is 5.59. The fourth-order valence-electron chi connectivity index (χ4n) is 3.72. The van der Waals surface area contributed by atoms with E-state index in [2.05, 4.69) is 19.6 Å². The van der Waals surface area contributed by atoms with Gasteiger partial charge in [-0.05, 0) is 44.0 Å². The van der Waals surface area contributed by atoms with Crippen molar-refractivity contribution in [3.8, 4) is 5.88 Å². The predicted molar refractivity (Wildman–Crippen MR) is 107 cm³/mol. The van der Waals surface area contributed by atoms with Crippen molar-refractivity contribution in [2.45, 2.75) is 42.9 Å². The molecule has 2 aromatic rings. The number of anilines is 1. The molecule has 29 heavy (non-hydrogen) atoms. The van der Waals surface area contributed by atoms with E-state index in [1.807, 2.05) is 7.05 Å². The molecule has 1 aliphatic heterocycles. The third kappa shape index (κ3) is 4.06. The Morgan fingerprint density at radius 3 is 2.66 bits per heavy atom. The molecule has 0 atom stereocenters. The van der Waals surface area contributed by atoms with Gasteiger partial charge in [-0.2, -0.15) is 0 Å². The van der Waals surface area contributed by atoms with Gasteiger partial charge in [0.15, 0.2) is 0 Å². The van der Waals surface area contributed by atoms with Gasteiger partial charge in [0, 0.05) is 37.3 Å². The lowest BCUT2D eigenvalue weighted by molar-refractivity contribution is 0.351. The maximum absolute atomic E-state index is 14.4. The standard InChI is InChI=1S/C20H25FN4O3S/c1-25-8-6-14-10-18(20(28-2)23-17(14)7-9-25)24-29(26,27)15-11-16(21)19(22-12-15)13-4-3-5-13/h10-13,24H,3-9H2,1-2H3. The lowest BCUT2D eigenvalue weighted by atomic mass is 9.82. The summed E-state index contributed by atoms with van der Waals surface area (Å²) in [5.41, 5.74) is 2.49. The number of rotatable bonds is 5. The Kier molecular flexibility index (Phi) is 5.44. The van der Waals surface area contributed by atoms with E-state index in [9.17, 15) is 12.8 Å². The highest BCUT2D eigenvalue weighted by Crippen LogP contribution is 2.37. The lowest BCUT2D eigenvalue weighted by Gasteiger charge is -2.25. The van der Waals surface area contributed by atoms with Crippen molar-refractivity contribution >= 4 is 15.7 Å². The van der Waals surface area contributed by atoms with Crippen LogP contribution in [0.3, 0.4) is 0 Å². The number of pyridine rings is 2. The number of aromatic nitrogens is 2. The molecule has 156 valence electrons. The zero-order chi connectivity index (χ0) is 20.6. The highest BCUT2D eigenvalue weighted by molar-refractivity contribution is 7.92. The largest absolute Gasteiger partial charge is 0.479 e. The summed E-state index contributed by atoms with van der Waals surface area (Å²) in [6.45, 7) is 1.75. The van der Waals surface area contributed by atoms with Gasteiger partial charge in [0.1, 0.15) is 16.4 Å². The summed E-state index contributed by atoms with van der Waals surface area (Å²) in [5.74, 6) is -0.282. The van der Waals surface area contributed by atoms with Gasteiger partial charge in [0.2, 0.25) is 5.88 Å². The number of hydrogen-bond acceptors (Lipinski definition) is 6. The number of methoxy groups -OCH3 is 1. The van der Waals surface area contributed by atoms with Gasteiger partial charge in [-0.3, -0.25) is 9.71 Å². The minimum Gasteiger partial charge on any atom is -0.479 e. The van der Waals surface area contributed by atoms with E-state index in [4.69, 9.17) is 4.74 Å². The van der Waals surface area contributed by atoms with Gasteiger partial charge in [0.25, 0.3) is 10.0 Å². The molecule has 4 rings (SSSR count). The van der Waals surface area contributed by atoms with Gasteiger partial charge < -0.3 is 9.64 Å². The second-order valence-corrected chi connectivity index (χ2v) is 9.41. The molecule has 0 unspecified atom stereocenters. The van der Waals surface area contributed by atoms with Crippen LogP contribution in [0.5, 0.6) is 5.88 Å². The number of fused-ring (bicyclic) bond motifs is 1. The number of nitrogens with one attached hydrogen (secondary N) is 1. The molecular weight excluding hydrogens is 395 g/mol. The monoisotopic (exact) mass is 420 g/mol. The zero-order valence-corrected chi connectivity index (χ0v) is 17.4. The van der Waals surface area contributed by atoms with Crippen LogP contribution in [0, 0.1) is 5.82 Å². The summed E-state index contributed by atoms with van der Waals surface area (Å²) in [5, 5.41) is 0. The third-order valence-electron chi connectivity index (χ3n) is 5.73. The molecule has 2 aliphatic rings. The Morgan fingerprint density at radius 1 is 1.24 bits per heavy atom. The first-order valence-corrected chi connectivity index (χ1v) is 11.3. The van der Waals surface area contributed by atoms with Crippen molar-refractivity contribution < 1.29 is 17.5 Å². The molecule has 0 saturated heterocycles. The SMILES string of the molecule is COc1nc2c(cc1NS(=O)(=O)c1cnc(C3CCC3)c(F)c1)CCN(C)CC2. The molecule has 0 aromatic carbocycles. The second kappa shape index (κ2) is 7.87. The average molecular weight is 421 g/mol. The van der Waals surface area contributed by atoms with Crippen LogP contribution in [0.2, 0.25) is 0 Å². The minimum absolute atomic E-state index is 0.0896. The number of halogens is 1. The van der Waals surface area contributed by atoms with Crippen LogP contribution in [0.25, 0.3) is 0 Å². The van der Waals surface area contributed by atoms with E-state index in [1.165, 1.54) is 13.3 Å². The molecule has 0 radical (unpaired) electrons. The quantitative estimate of drug-likeness (QED) is 0.801. The van der Waals surface area contributed by atoms with Crippen molar-refractivity contribution in [3.63, 3.8) is 0 Å². The maximum atomic E-state index is 14.4.